The largest absolute Gasteiger partial charge is 0.487 e. The molecule has 2 atom stereocenters. The molecule has 0 aromatic heterocycles. The first-order valence-corrected chi connectivity index (χ1v) is 12.6. The molecule has 164 valence electrons. The number of hydrogen-bond acceptors (Lipinski definition) is 4. The third kappa shape index (κ3) is 3.85. The zero-order valence-electron chi connectivity index (χ0n) is 17.5. The summed E-state index contributed by atoms with van der Waals surface area (Å²) in [6.07, 6.45) is 3.97. The van der Waals surface area contributed by atoms with E-state index in [1.807, 2.05) is 35.2 Å². The van der Waals surface area contributed by atoms with Crippen molar-refractivity contribution < 1.29 is 17.9 Å². The van der Waals surface area contributed by atoms with Crippen molar-refractivity contribution in [3.8, 4) is 5.75 Å². The minimum Gasteiger partial charge on any atom is -0.487 e. The number of hydrogen-bond donors (Lipinski definition) is 0. The highest BCUT2D eigenvalue weighted by atomic mass is 32.2. The average Bonchev–Trinajstić information content (AvgIpc) is 2.98. The Morgan fingerprint density at radius 3 is 2.39 bits per heavy atom. The third-order valence-corrected chi connectivity index (χ3v) is 8.75. The molecule has 7 heteroatoms. The average molecular weight is 441 g/mol. The number of benzene rings is 2. The Hall–Kier alpha value is -2.38. The van der Waals surface area contributed by atoms with E-state index < -0.39 is 10.0 Å². The van der Waals surface area contributed by atoms with Gasteiger partial charge in [0.15, 0.2) is 0 Å². The Morgan fingerprint density at radius 1 is 0.935 bits per heavy atom. The lowest BCUT2D eigenvalue weighted by Crippen LogP contribution is -2.46. The number of amides is 1. The highest BCUT2D eigenvalue weighted by Crippen LogP contribution is 2.38. The van der Waals surface area contributed by atoms with Gasteiger partial charge in [0.25, 0.3) is 0 Å². The Morgan fingerprint density at radius 2 is 1.65 bits per heavy atom. The van der Waals surface area contributed by atoms with Crippen molar-refractivity contribution in [1.82, 2.24) is 9.21 Å². The number of rotatable bonds is 3. The number of sulfonamides is 1. The van der Waals surface area contributed by atoms with Gasteiger partial charge < -0.3 is 9.64 Å². The molecule has 6 nitrogen and oxygen atoms in total. The summed E-state index contributed by atoms with van der Waals surface area (Å²) in [6, 6.07) is 16.3. The molecule has 0 spiro atoms. The zero-order chi connectivity index (χ0) is 21.4. The lowest BCUT2D eigenvalue weighted by Gasteiger charge is -2.32. The lowest BCUT2D eigenvalue weighted by atomic mass is 9.84. The normalized spacial score (nSPS) is 25.9. The van der Waals surface area contributed by atoms with Crippen LogP contribution in [0.4, 0.5) is 0 Å². The second-order valence-corrected chi connectivity index (χ2v) is 10.6. The standard InChI is InChI=1S/C24H28N2O4S/c27-24(19-9-6-10-19)25-15-13-20-21(14-16-25)30-22-11-4-5-12-23(22)31(28,29)26(20)17-18-7-2-1-3-8-18/h1-5,7-8,11-12,19-21H,6,9-10,13-17H2/t20-,21-/m0/s1. The molecule has 2 aromatic carbocycles. The van der Waals surface area contributed by atoms with Crippen molar-refractivity contribution >= 4 is 15.9 Å². The fraction of sp³-hybridized carbons (Fsp3) is 0.458. The summed E-state index contributed by atoms with van der Waals surface area (Å²) < 4.78 is 35.4. The van der Waals surface area contributed by atoms with Crippen molar-refractivity contribution in [1.29, 1.82) is 0 Å². The SMILES string of the molecule is O=C(C1CCC1)N1CC[C@@H]2Oc3ccccc3S(=O)(=O)N(Cc3ccccc3)[C@H]2CC1. The van der Waals surface area contributed by atoms with Crippen LogP contribution in [0.25, 0.3) is 0 Å². The van der Waals surface area contributed by atoms with E-state index in [1.165, 1.54) is 0 Å². The van der Waals surface area contributed by atoms with Crippen LogP contribution >= 0.6 is 0 Å². The quantitative estimate of drug-likeness (QED) is 0.733. The van der Waals surface area contributed by atoms with E-state index in [-0.39, 0.29) is 28.9 Å². The Labute approximate surface area is 183 Å². The first-order chi connectivity index (χ1) is 15.0. The zero-order valence-corrected chi connectivity index (χ0v) is 18.3. The molecule has 2 heterocycles. The van der Waals surface area contributed by atoms with Crippen molar-refractivity contribution in [3.63, 3.8) is 0 Å². The summed E-state index contributed by atoms with van der Waals surface area (Å²) in [5.41, 5.74) is 0.941. The minimum atomic E-state index is -3.75. The van der Waals surface area contributed by atoms with E-state index in [9.17, 15) is 13.2 Å². The smallest absolute Gasteiger partial charge is 0.247 e. The van der Waals surface area contributed by atoms with E-state index in [0.29, 0.717) is 38.2 Å². The molecule has 0 bridgehead atoms. The van der Waals surface area contributed by atoms with E-state index >= 15 is 0 Å². The molecule has 3 aliphatic rings. The van der Waals surface area contributed by atoms with Crippen LogP contribution in [0, 0.1) is 5.92 Å². The van der Waals surface area contributed by atoms with Gasteiger partial charge in [-0.1, -0.05) is 48.9 Å². The fourth-order valence-corrected chi connectivity index (χ4v) is 6.65. The van der Waals surface area contributed by atoms with Crippen LogP contribution in [0.3, 0.4) is 0 Å². The molecule has 1 saturated heterocycles. The molecule has 2 fully saturated rings. The summed E-state index contributed by atoms with van der Waals surface area (Å²) in [5, 5.41) is 0. The molecule has 5 rings (SSSR count). The Bertz CT molecular complexity index is 1050. The second kappa shape index (κ2) is 8.28. The van der Waals surface area contributed by atoms with Gasteiger partial charge in [0.2, 0.25) is 15.9 Å². The summed E-state index contributed by atoms with van der Waals surface area (Å²) in [6.45, 7) is 1.47. The highest BCUT2D eigenvalue weighted by Gasteiger charge is 2.44. The molecule has 0 unspecified atom stereocenters. The van der Waals surface area contributed by atoms with Crippen LogP contribution in [0.1, 0.15) is 37.7 Å². The Balaban J connectivity index is 1.50. The molecule has 31 heavy (non-hydrogen) atoms. The van der Waals surface area contributed by atoms with E-state index in [2.05, 4.69) is 0 Å². The van der Waals surface area contributed by atoms with E-state index in [1.54, 1.807) is 28.6 Å². The van der Waals surface area contributed by atoms with Gasteiger partial charge in [-0.25, -0.2) is 8.42 Å². The van der Waals surface area contributed by atoms with Crippen molar-refractivity contribution in [2.24, 2.45) is 5.92 Å². The summed E-state index contributed by atoms with van der Waals surface area (Å²) in [7, 11) is -3.75. The number of para-hydroxylation sites is 1. The maximum atomic E-state index is 13.7. The molecule has 2 aliphatic heterocycles. The number of nitrogens with zero attached hydrogens (tertiary/aromatic N) is 2. The van der Waals surface area contributed by atoms with Crippen LogP contribution < -0.4 is 4.74 Å². The monoisotopic (exact) mass is 440 g/mol. The van der Waals surface area contributed by atoms with Crippen molar-refractivity contribution in [2.75, 3.05) is 13.1 Å². The predicted molar refractivity (Wildman–Crippen MR) is 117 cm³/mol. The molecule has 0 radical (unpaired) electrons. The van der Waals surface area contributed by atoms with Gasteiger partial charge in [-0.3, -0.25) is 4.79 Å². The number of ether oxygens (including phenoxy) is 1. The second-order valence-electron chi connectivity index (χ2n) is 8.74. The maximum absolute atomic E-state index is 13.7. The summed E-state index contributed by atoms with van der Waals surface area (Å²) in [4.78, 5) is 15.0. The molecule has 1 amide bonds. The van der Waals surface area contributed by atoms with Gasteiger partial charge >= 0.3 is 0 Å². The predicted octanol–water partition coefficient (Wildman–Crippen LogP) is 3.43. The number of carbonyl (C=O) groups is 1. The number of carbonyl (C=O) groups excluding carboxylic acids is 1. The molecular formula is C24H28N2O4S. The number of fused-ring (bicyclic) bond motifs is 2. The van der Waals surface area contributed by atoms with Crippen molar-refractivity contribution in [2.45, 2.75) is 55.7 Å². The topological polar surface area (TPSA) is 66.9 Å². The maximum Gasteiger partial charge on any atom is 0.247 e. The summed E-state index contributed by atoms with van der Waals surface area (Å²) in [5.74, 6) is 0.779. The van der Waals surface area contributed by atoms with Crippen LogP contribution in [0.15, 0.2) is 59.5 Å². The number of likely N-dealkylation sites (tertiary alicyclic amines) is 1. The van der Waals surface area contributed by atoms with Gasteiger partial charge in [0, 0.05) is 32.0 Å². The molecule has 1 saturated carbocycles. The highest BCUT2D eigenvalue weighted by molar-refractivity contribution is 7.89. The van der Waals surface area contributed by atoms with Gasteiger partial charge in [0.05, 0.1) is 6.04 Å². The first-order valence-electron chi connectivity index (χ1n) is 11.1. The Kier molecular flexibility index (Phi) is 5.48. The van der Waals surface area contributed by atoms with E-state index in [4.69, 9.17) is 4.74 Å². The van der Waals surface area contributed by atoms with Gasteiger partial charge in [-0.15, -0.1) is 0 Å². The summed E-state index contributed by atoms with van der Waals surface area (Å²) >= 11 is 0. The fourth-order valence-electron chi connectivity index (χ4n) is 4.86. The molecule has 0 N–H and O–H groups in total. The van der Waals surface area contributed by atoms with Crippen LogP contribution in [-0.4, -0.2) is 48.8 Å². The molecular weight excluding hydrogens is 412 g/mol. The van der Waals surface area contributed by atoms with Gasteiger partial charge in [-0.05, 0) is 37.0 Å². The van der Waals surface area contributed by atoms with Gasteiger partial charge in [-0.2, -0.15) is 4.31 Å². The molecule has 1 aliphatic carbocycles. The van der Waals surface area contributed by atoms with Gasteiger partial charge in [0.1, 0.15) is 16.7 Å². The van der Waals surface area contributed by atoms with Crippen LogP contribution in [0.5, 0.6) is 5.75 Å². The van der Waals surface area contributed by atoms with Crippen LogP contribution in [-0.2, 0) is 21.4 Å². The van der Waals surface area contributed by atoms with Crippen LogP contribution in [0.2, 0.25) is 0 Å². The first kappa shape index (κ1) is 20.5. The third-order valence-electron chi connectivity index (χ3n) is 6.84. The lowest BCUT2D eigenvalue weighted by molar-refractivity contribution is -0.138. The molecule has 2 aromatic rings. The van der Waals surface area contributed by atoms with E-state index in [0.717, 1.165) is 24.8 Å². The minimum absolute atomic E-state index is 0.147. The van der Waals surface area contributed by atoms with Crippen molar-refractivity contribution in [3.05, 3.63) is 60.2 Å².